The molecule has 7 heteroatoms. The van der Waals surface area contributed by atoms with E-state index in [2.05, 4.69) is 15.8 Å². The van der Waals surface area contributed by atoms with Crippen LogP contribution < -0.4 is 10.9 Å². The van der Waals surface area contributed by atoms with E-state index < -0.39 is 11.8 Å². The Hall–Kier alpha value is -3.06. The third-order valence-corrected chi connectivity index (χ3v) is 5.03. The van der Waals surface area contributed by atoms with Crippen LogP contribution in [0.2, 0.25) is 0 Å². The second kappa shape index (κ2) is 8.09. The number of hydrogen-bond donors (Lipinski definition) is 2. The summed E-state index contributed by atoms with van der Waals surface area (Å²) in [5.74, 6) is -1.01. The molecular weight excluding hydrogens is 362 g/mol. The van der Waals surface area contributed by atoms with Crippen molar-refractivity contribution >= 4 is 39.8 Å². The molecule has 0 unspecified atom stereocenters. The lowest BCUT2D eigenvalue weighted by Gasteiger charge is -2.07. The van der Waals surface area contributed by atoms with Crippen molar-refractivity contribution in [3.8, 4) is 0 Å². The van der Waals surface area contributed by atoms with E-state index in [4.69, 9.17) is 0 Å². The molecule has 0 atom stereocenters. The summed E-state index contributed by atoms with van der Waals surface area (Å²) in [6, 6.07) is 12.7. The van der Waals surface area contributed by atoms with Crippen LogP contribution in [0.4, 0.5) is 0 Å². The topological polar surface area (TPSA) is 88.2 Å². The Morgan fingerprint density at radius 1 is 1.00 bits per heavy atom. The minimum atomic E-state index is -0.510. The molecule has 3 aromatic rings. The molecule has 3 rings (SSSR count). The average molecular weight is 381 g/mol. The predicted octanol–water partition coefficient (Wildman–Crippen LogP) is 3.34. The number of para-hydroxylation sites is 1. The standard InChI is InChI=1S/C20H19N3O3S/c1-12-11-15(13(2)27-12)18(24)9-10-19(25)22-23-20(26)17-8-7-14-5-3-4-6-16(14)21-17/h3-8,11H,9-10H2,1-2H3,(H,22,25)(H,23,26). The number of carbonyl (C=O) groups excluding carboxylic acids is 3. The minimum absolute atomic E-state index is 0.00139. The van der Waals surface area contributed by atoms with Crippen LogP contribution in [-0.4, -0.2) is 22.6 Å². The van der Waals surface area contributed by atoms with Crippen LogP contribution in [-0.2, 0) is 4.79 Å². The maximum Gasteiger partial charge on any atom is 0.288 e. The van der Waals surface area contributed by atoms with Crippen LogP contribution in [0.25, 0.3) is 10.9 Å². The summed E-state index contributed by atoms with van der Waals surface area (Å²) >= 11 is 1.56. The van der Waals surface area contributed by atoms with Gasteiger partial charge in [0.25, 0.3) is 5.91 Å². The highest BCUT2D eigenvalue weighted by Crippen LogP contribution is 2.22. The monoisotopic (exact) mass is 381 g/mol. The maximum atomic E-state index is 12.2. The van der Waals surface area contributed by atoms with Gasteiger partial charge in [-0.15, -0.1) is 11.3 Å². The molecule has 2 aromatic heterocycles. The quantitative estimate of drug-likeness (QED) is 0.524. The Bertz CT molecular complexity index is 1030. The van der Waals surface area contributed by atoms with E-state index in [-0.39, 0.29) is 24.3 Å². The van der Waals surface area contributed by atoms with E-state index >= 15 is 0 Å². The smallest absolute Gasteiger partial charge is 0.288 e. The van der Waals surface area contributed by atoms with Gasteiger partial charge in [0.1, 0.15) is 5.69 Å². The second-order valence-corrected chi connectivity index (χ2v) is 7.60. The molecule has 0 aliphatic carbocycles. The first-order valence-electron chi connectivity index (χ1n) is 8.49. The summed E-state index contributed by atoms with van der Waals surface area (Å²) in [7, 11) is 0. The molecule has 0 aliphatic heterocycles. The number of hydrazine groups is 1. The van der Waals surface area contributed by atoms with Crippen LogP contribution >= 0.6 is 11.3 Å². The van der Waals surface area contributed by atoms with E-state index in [0.717, 1.165) is 15.1 Å². The first-order valence-corrected chi connectivity index (χ1v) is 9.31. The lowest BCUT2D eigenvalue weighted by Crippen LogP contribution is -2.42. The largest absolute Gasteiger partial charge is 0.294 e. The number of rotatable bonds is 5. The van der Waals surface area contributed by atoms with Gasteiger partial charge in [-0.25, -0.2) is 4.98 Å². The Labute approximate surface area is 160 Å². The SMILES string of the molecule is Cc1cc(C(=O)CCC(=O)NNC(=O)c2ccc3ccccc3n2)c(C)s1. The van der Waals surface area contributed by atoms with Crippen LogP contribution in [0.1, 0.15) is 43.4 Å². The fraction of sp³-hybridized carbons (Fsp3) is 0.200. The number of fused-ring (bicyclic) bond motifs is 1. The number of benzene rings is 1. The van der Waals surface area contributed by atoms with Crippen molar-refractivity contribution in [2.24, 2.45) is 0 Å². The number of carbonyl (C=O) groups is 3. The summed E-state index contributed by atoms with van der Waals surface area (Å²) in [5, 5.41) is 0.926. The summed E-state index contributed by atoms with van der Waals surface area (Å²) < 4.78 is 0. The lowest BCUT2D eigenvalue weighted by atomic mass is 10.1. The van der Waals surface area contributed by atoms with Crippen molar-refractivity contribution in [2.45, 2.75) is 26.7 Å². The fourth-order valence-corrected chi connectivity index (χ4v) is 3.66. The van der Waals surface area contributed by atoms with E-state index in [1.54, 1.807) is 23.5 Å². The number of thiophene rings is 1. The number of Topliss-reactive ketones (excluding diaryl/α,β-unsaturated/α-hetero) is 1. The second-order valence-electron chi connectivity index (χ2n) is 6.14. The highest BCUT2D eigenvalue weighted by atomic mass is 32.1. The van der Waals surface area contributed by atoms with Crippen molar-refractivity contribution in [3.05, 3.63) is 63.5 Å². The fourth-order valence-electron chi connectivity index (χ4n) is 2.71. The molecule has 138 valence electrons. The molecule has 0 aliphatic rings. The van der Waals surface area contributed by atoms with Crippen LogP contribution in [0.15, 0.2) is 42.5 Å². The molecule has 6 nitrogen and oxygen atoms in total. The minimum Gasteiger partial charge on any atom is -0.294 e. The molecule has 0 fully saturated rings. The van der Waals surface area contributed by atoms with E-state index in [0.29, 0.717) is 11.1 Å². The van der Waals surface area contributed by atoms with Crippen molar-refractivity contribution in [2.75, 3.05) is 0 Å². The van der Waals surface area contributed by atoms with Crippen LogP contribution in [0.3, 0.4) is 0 Å². The highest BCUT2D eigenvalue weighted by molar-refractivity contribution is 7.12. The van der Waals surface area contributed by atoms with Gasteiger partial charge in [0.2, 0.25) is 5.91 Å². The van der Waals surface area contributed by atoms with Gasteiger partial charge >= 0.3 is 0 Å². The van der Waals surface area contributed by atoms with Gasteiger partial charge in [-0.3, -0.25) is 25.2 Å². The van der Waals surface area contributed by atoms with E-state index in [1.165, 1.54) is 0 Å². The van der Waals surface area contributed by atoms with Gasteiger partial charge < -0.3 is 0 Å². The molecule has 0 bridgehead atoms. The van der Waals surface area contributed by atoms with E-state index in [9.17, 15) is 14.4 Å². The van der Waals surface area contributed by atoms with Crippen LogP contribution in [0, 0.1) is 13.8 Å². The Morgan fingerprint density at radius 3 is 2.52 bits per heavy atom. The number of hydrogen-bond acceptors (Lipinski definition) is 5. The van der Waals surface area contributed by atoms with Crippen molar-refractivity contribution < 1.29 is 14.4 Å². The zero-order chi connectivity index (χ0) is 19.4. The van der Waals surface area contributed by atoms with Crippen molar-refractivity contribution in [3.63, 3.8) is 0 Å². The van der Waals surface area contributed by atoms with Gasteiger partial charge in [-0.05, 0) is 32.0 Å². The van der Waals surface area contributed by atoms with E-state index in [1.807, 2.05) is 44.2 Å². The molecule has 0 saturated heterocycles. The summed E-state index contributed by atoms with van der Waals surface area (Å²) in [4.78, 5) is 42.5. The summed E-state index contributed by atoms with van der Waals surface area (Å²) in [5.41, 5.74) is 6.22. The molecular formula is C20H19N3O3S. The molecule has 0 spiro atoms. The van der Waals surface area contributed by atoms with Gasteiger partial charge in [0, 0.05) is 33.5 Å². The molecule has 2 amide bonds. The highest BCUT2D eigenvalue weighted by Gasteiger charge is 2.14. The molecule has 0 radical (unpaired) electrons. The number of pyridine rings is 1. The number of amides is 2. The molecule has 2 heterocycles. The van der Waals surface area contributed by atoms with Gasteiger partial charge in [-0.2, -0.15) is 0 Å². The third kappa shape index (κ3) is 4.57. The normalized spacial score (nSPS) is 10.6. The van der Waals surface area contributed by atoms with Crippen LogP contribution in [0.5, 0.6) is 0 Å². The molecule has 1 aromatic carbocycles. The van der Waals surface area contributed by atoms with Gasteiger partial charge in [0.15, 0.2) is 5.78 Å². The Kier molecular flexibility index (Phi) is 5.61. The number of aryl methyl sites for hydroxylation is 2. The van der Waals surface area contributed by atoms with Crippen molar-refractivity contribution in [1.82, 2.24) is 15.8 Å². The number of ketones is 1. The summed E-state index contributed by atoms with van der Waals surface area (Å²) in [6.45, 7) is 3.83. The first kappa shape index (κ1) is 18.7. The summed E-state index contributed by atoms with van der Waals surface area (Å²) in [6.07, 6.45) is 0.0888. The van der Waals surface area contributed by atoms with Gasteiger partial charge in [-0.1, -0.05) is 24.3 Å². The molecule has 27 heavy (non-hydrogen) atoms. The number of nitrogens with one attached hydrogen (secondary N) is 2. The van der Waals surface area contributed by atoms with Gasteiger partial charge in [0.05, 0.1) is 5.52 Å². The van der Waals surface area contributed by atoms with Crippen molar-refractivity contribution in [1.29, 1.82) is 0 Å². The number of nitrogens with zero attached hydrogens (tertiary/aromatic N) is 1. The Balaban J connectivity index is 1.51. The lowest BCUT2D eigenvalue weighted by molar-refractivity contribution is -0.121. The predicted molar refractivity (Wildman–Crippen MR) is 105 cm³/mol. The molecule has 0 saturated carbocycles. The Morgan fingerprint density at radius 2 is 1.78 bits per heavy atom. The molecule has 2 N–H and O–H groups in total. The first-order chi connectivity index (χ1) is 12.9. The number of aromatic nitrogens is 1. The third-order valence-electron chi connectivity index (χ3n) is 4.07. The zero-order valence-electron chi connectivity index (χ0n) is 15.0. The maximum absolute atomic E-state index is 12.2. The average Bonchev–Trinajstić information content (AvgIpc) is 3.01. The zero-order valence-corrected chi connectivity index (χ0v) is 15.9.